The first-order valence-electron chi connectivity index (χ1n) is 4.73. The van der Waals surface area contributed by atoms with Crippen molar-refractivity contribution in [3.63, 3.8) is 0 Å². The maximum Gasteiger partial charge on any atom is 0.233 e. The Morgan fingerprint density at radius 1 is 1.60 bits per heavy atom. The maximum absolute atomic E-state index is 11.1. The summed E-state index contributed by atoms with van der Waals surface area (Å²) in [6.45, 7) is 3.89. The average molecular weight is 206 g/mol. The molecule has 0 fully saturated rings. The first-order valence-corrected chi connectivity index (χ1v) is 4.73. The quantitative estimate of drug-likeness (QED) is 0.580. The summed E-state index contributed by atoms with van der Waals surface area (Å²) in [6.07, 6.45) is 2.56. The first kappa shape index (κ1) is 11.2. The van der Waals surface area contributed by atoms with E-state index in [0.717, 1.165) is 17.0 Å². The van der Waals surface area contributed by atoms with Crippen molar-refractivity contribution in [3.8, 4) is 6.19 Å². The van der Waals surface area contributed by atoms with E-state index in [1.54, 1.807) is 10.9 Å². The van der Waals surface area contributed by atoms with Crippen molar-refractivity contribution in [2.24, 2.45) is 7.05 Å². The van der Waals surface area contributed by atoms with E-state index in [4.69, 9.17) is 5.26 Å². The number of hydrogen-bond acceptors (Lipinski definition) is 3. The lowest BCUT2D eigenvalue weighted by atomic mass is 10.1. The summed E-state index contributed by atoms with van der Waals surface area (Å²) in [5.41, 5.74) is 3.10. The van der Waals surface area contributed by atoms with E-state index in [0.29, 0.717) is 12.8 Å². The highest BCUT2D eigenvalue weighted by Gasteiger charge is 2.10. The van der Waals surface area contributed by atoms with E-state index in [9.17, 15) is 4.79 Å². The SMILES string of the molecule is Cc1nn(C)c(C)c1CCC(=O)NC#N. The van der Waals surface area contributed by atoms with Crippen molar-refractivity contribution in [1.82, 2.24) is 15.1 Å². The number of aromatic nitrogens is 2. The molecule has 0 radical (unpaired) electrons. The van der Waals surface area contributed by atoms with Gasteiger partial charge in [-0.15, -0.1) is 0 Å². The highest BCUT2D eigenvalue weighted by Crippen LogP contribution is 2.13. The molecule has 80 valence electrons. The molecule has 1 heterocycles. The lowest BCUT2D eigenvalue weighted by Gasteiger charge is -2.00. The molecule has 0 bridgehead atoms. The first-order chi connectivity index (χ1) is 7.06. The molecule has 1 aromatic rings. The second-order valence-electron chi connectivity index (χ2n) is 3.43. The van der Waals surface area contributed by atoms with Crippen LogP contribution in [0, 0.1) is 25.3 Å². The van der Waals surface area contributed by atoms with Gasteiger partial charge in [-0.25, -0.2) is 0 Å². The molecule has 0 aromatic carbocycles. The Hall–Kier alpha value is -1.83. The van der Waals surface area contributed by atoms with E-state index in [1.165, 1.54) is 0 Å². The average Bonchev–Trinajstić information content (AvgIpc) is 2.40. The Bertz CT molecular complexity index is 414. The molecule has 0 saturated carbocycles. The molecule has 0 atom stereocenters. The van der Waals surface area contributed by atoms with Gasteiger partial charge in [0.1, 0.15) is 0 Å². The van der Waals surface area contributed by atoms with Crippen molar-refractivity contribution in [1.29, 1.82) is 5.26 Å². The molecular formula is C10H14N4O. The second-order valence-corrected chi connectivity index (χ2v) is 3.43. The molecule has 1 rings (SSSR count). The van der Waals surface area contributed by atoms with Crippen molar-refractivity contribution >= 4 is 5.91 Å². The molecule has 0 unspecified atom stereocenters. The predicted molar refractivity (Wildman–Crippen MR) is 54.8 cm³/mol. The minimum Gasteiger partial charge on any atom is -0.274 e. The Balaban J connectivity index is 2.66. The largest absolute Gasteiger partial charge is 0.274 e. The third-order valence-corrected chi connectivity index (χ3v) is 2.46. The standard InChI is InChI=1S/C10H14N4O/c1-7-9(8(2)14(3)13-7)4-5-10(15)12-6-11/h4-5H2,1-3H3,(H,12,15). The zero-order valence-electron chi connectivity index (χ0n) is 9.16. The van der Waals surface area contributed by atoms with Crippen LogP contribution in [-0.2, 0) is 18.3 Å². The number of amides is 1. The fourth-order valence-electron chi connectivity index (χ4n) is 1.54. The summed E-state index contributed by atoms with van der Waals surface area (Å²) in [5, 5.41) is 14.6. The van der Waals surface area contributed by atoms with Crippen LogP contribution >= 0.6 is 0 Å². The Morgan fingerprint density at radius 2 is 2.27 bits per heavy atom. The maximum atomic E-state index is 11.1. The summed E-state index contributed by atoms with van der Waals surface area (Å²) in [4.78, 5) is 11.1. The van der Waals surface area contributed by atoms with Crippen LogP contribution in [0.5, 0.6) is 0 Å². The normalized spacial score (nSPS) is 9.73. The minimum atomic E-state index is -0.250. The summed E-state index contributed by atoms with van der Waals surface area (Å²) in [5.74, 6) is -0.250. The van der Waals surface area contributed by atoms with Crippen molar-refractivity contribution in [2.75, 3.05) is 0 Å². The van der Waals surface area contributed by atoms with Crippen molar-refractivity contribution < 1.29 is 4.79 Å². The van der Waals surface area contributed by atoms with Gasteiger partial charge in [-0.05, 0) is 25.8 Å². The van der Waals surface area contributed by atoms with Crippen LogP contribution in [-0.4, -0.2) is 15.7 Å². The molecular weight excluding hydrogens is 192 g/mol. The van der Waals surface area contributed by atoms with E-state index in [1.807, 2.05) is 20.9 Å². The lowest BCUT2D eigenvalue weighted by Crippen LogP contribution is -2.17. The van der Waals surface area contributed by atoms with Crippen LogP contribution in [0.25, 0.3) is 0 Å². The fourth-order valence-corrected chi connectivity index (χ4v) is 1.54. The smallest absolute Gasteiger partial charge is 0.233 e. The molecule has 5 nitrogen and oxygen atoms in total. The van der Waals surface area contributed by atoms with E-state index < -0.39 is 0 Å². The Morgan fingerprint density at radius 3 is 2.73 bits per heavy atom. The van der Waals surface area contributed by atoms with Crippen LogP contribution in [0.15, 0.2) is 0 Å². The van der Waals surface area contributed by atoms with Gasteiger partial charge in [0.25, 0.3) is 0 Å². The highest BCUT2D eigenvalue weighted by molar-refractivity contribution is 5.77. The summed E-state index contributed by atoms with van der Waals surface area (Å²) in [6, 6.07) is 0. The topological polar surface area (TPSA) is 70.7 Å². The number of carbonyl (C=O) groups is 1. The molecule has 5 heteroatoms. The monoisotopic (exact) mass is 206 g/mol. The number of nitriles is 1. The van der Waals surface area contributed by atoms with Gasteiger partial charge in [0.2, 0.25) is 5.91 Å². The van der Waals surface area contributed by atoms with Crippen molar-refractivity contribution in [3.05, 3.63) is 17.0 Å². The van der Waals surface area contributed by atoms with Gasteiger partial charge < -0.3 is 0 Å². The zero-order chi connectivity index (χ0) is 11.4. The van der Waals surface area contributed by atoms with Gasteiger partial charge in [-0.2, -0.15) is 10.4 Å². The number of nitrogens with zero attached hydrogens (tertiary/aromatic N) is 3. The van der Waals surface area contributed by atoms with Gasteiger partial charge in [-0.3, -0.25) is 14.8 Å². The molecule has 15 heavy (non-hydrogen) atoms. The van der Waals surface area contributed by atoms with Crippen LogP contribution in [0.3, 0.4) is 0 Å². The van der Waals surface area contributed by atoms with E-state index in [2.05, 4.69) is 10.4 Å². The molecule has 1 amide bonds. The summed E-state index contributed by atoms with van der Waals surface area (Å²) >= 11 is 0. The van der Waals surface area contributed by atoms with Crippen LogP contribution in [0.4, 0.5) is 0 Å². The fraction of sp³-hybridized carbons (Fsp3) is 0.500. The van der Waals surface area contributed by atoms with Crippen LogP contribution in [0.2, 0.25) is 0 Å². The summed E-state index contributed by atoms with van der Waals surface area (Å²) < 4.78 is 1.80. The van der Waals surface area contributed by atoms with Gasteiger partial charge in [0.05, 0.1) is 5.69 Å². The molecule has 1 N–H and O–H groups in total. The number of rotatable bonds is 3. The molecule has 0 spiro atoms. The van der Waals surface area contributed by atoms with E-state index in [-0.39, 0.29) is 5.91 Å². The molecule has 1 aromatic heterocycles. The number of aryl methyl sites for hydroxylation is 2. The Kier molecular flexibility index (Phi) is 3.45. The van der Waals surface area contributed by atoms with Crippen molar-refractivity contribution in [2.45, 2.75) is 26.7 Å². The summed E-state index contributed by atoms with van der Waals surface area (Å²) in [7, 11) is 1.88. The predicted octanol–water partition coefficient (Wildman–Crippen LogP) is 0.567. The molecule has 0 aliphatic heterocycles. The van der Waals surface area contributed by atoms with E-state index >= 15 is 0 Å². The van der Waals surface area contributed by atoms with Gasteiger partial charge in [0.15, 0.2) is 6.19 Å². The lowest BCUT2D eigenvalue weighted by molar-refractivity contribution is -0.119. The number of nitrogens with one attached hydrogen (secondary N) is 1. The number of carbonyl (C=O) groups excluding carboxylic acids is 1. The highest BCUT2D eigenvalue weighted by atomic mass is 16.1. The van der Waals surface area contributed by atoms with Crippen LogP contribution < -0.4 is 5.32 Å². The zero-order valence-corrected chi connectivity index (χ0v) is 9.16. The second kappa shape index (κ2) is 4.60. The number of hydrogen-bond donors (Lipinski definition) is 1. The molecule has 0 aliphatic carbocycles. The van der Waals surface area contributed by atoms with Gasteiger partial charge >= 0.3 is 0 Å². The minimum absolute atomic E-state index is 0.250. The van der Waals surface area contributed by atoms with Crippen LogP contribution in [0.1, 0.15) is 23.4 Å². The third kappa shape index (κ3) is 2.56. The third-order valence-electron chi connectivity index (χ3n) is 2.46. The molecule has 0 aliphatic rings. The Labute approximate surface area is 88.7 Å². The van der Waals surface area contributed by atoms with Gasteiger partial charge in [0, 0.05) is 19.2 Å². The molecule has 0 saturated heterocycles. The van der Waals surface area contributed by atoms with Gasteiger partial charge in [-0.1, -0.05) is 0 Å².